The Morgan fingerprint density at radius 1 is 1.56 bits per heavy atom. The van der Waals surface area contributed by atoms with Crippen molar-refractivity contribution >= 4 is 11.8 Å². The van der Waals surface area contributed by atoms with E-state index in [1.54, 1.807) is 10.9 Å². The molecule has 2 N–H and O–H groups in total. The smallest absolute Gasteiger partial charge is 0.248 e. The van der Waals surface area contributed by atoms with Gasteiger partial charge in [-0.25, -0.2) is 4.68 Å². The predicted molar refractivity (Wildman–Crippen MR) is 65.7 cm³/mol. The average molecular weight is 266 g/mol. The molecule has 0 aliphatic carbocycles. The van der Waals surface area contributed by atoms with Gasteiger partial charge in [-0.05, 0) is 18.6 Å². The molecule has 0 radical (unpaired) electrons. The van der Waals surface area contributed by atoms with E-state index in [1.165, 1.54) is 12.2 Å². The highest BCUT2D eigenvalue weighted by Gasteiger charge is 2.23. The molecule has 1 unspecified atom stereocenters. The fourth-order valence-corrected chi connectivity index (χ4v) is 3.09. The van der Waals surface area contributed by atoms with Gasteiger partial charge in [-0.2, -0.15) is 16.7 Å². The summed E-state index contributed by atoms with van der Waals surface area (Å²) >= 11 is 1.89. The standard InChI is InChI=1S/C10H14N6OS/c11-4-7-5-16(15-13-7)6-9-12-10(14-17-9)8-2-1-3-18-8/h5,8H,1-4,6,11H2. The molecule has 0 aromatic carbocycles. The average Bonchev–Trinajstić information content (AvgIpc) is 3.10. The molecule has 0 spiro atoms. The van der Waals surface area contributed by atoms with Crippen LogP contribution in [-0.4, -0.2) is 30.9 Å². The summed E-state index contributed by atoms with van der Waals surface area (Å²) in [4.78, 5) is 4.40. The van der Waals surface area contributed by atoms with Crippen molar-refractivity contribution in [3.63, 3.8) is 0 Å². The van der Waals surface area contributed by atoms with Crippen molar-refractivity contribution in [1.82, 2.24) is 25.1 Å². The topological polar surface area (TPSA) is 95.7 Å². The van der Waals surface area contributed by atoms with Crippen molar-refractivity contribution in [2.24, 2.45) is 5.73 Å². The van der Waals surface area contributed by atoms with Crippen molar-refractivity contribution < 1.29 is 4.52 Å². The molecule has 1 aliphatic heterocycles. The van der Waals surface area contributed by atoms with Gasteiger partial charge in [-0.1, -0.05) is 10.4 Å². The minimum Gasteiger partial charge on any atom is -0.337 e. The SMILES string of the molecule is NCc1cn(Cc2nc(C3CCCS3)no2)nn1. The summed E-state index contributed by atoms with van der Waals surface area (Å²) < 4.78 is 6.88. The molecule has 0 bridgehead atoms. The lowest BCUT2D eigenvalue weighted by Gasteiger charge is -1.99. The monoisotopic (exact) mass is 266 g/mol. The zero-order valence-electron chi connectivity index (χ0n) is 9.82. The van der Waals surface area contributed by atoms with Gasteiger partial charge in [-0.3, -0.25) is 0 Å². The van der Waals surface area contributed by atoms with E-state index in [1.807, 2.05) is 11.8 Å². The maximum atomic E-state index is 5.47. The lowest BCUT2D eigenvalue weighted by Crippen LogP contribution is -2.01. The number of hydrogen-bond donors (Lipinski definition) is 1. The first-order valence-corrected chi connectivity index (χ1v) is 6.93. The molecule has 1 atom stereocenters. The van der Waals surface area contributed by atoms with Gasteiger partial charge in [0, 0.05) is 6.54 Å². The van der Waals surface area contributed by atoms with Crippen LogP contribution in [0.25, 0.3) is 0 Å². The molecule has 3 heterocycles. The van der Waals surface area contributed by atoms with Crippen LogP contribution in [0.2, 0.25) is 0 Å². The molecule has 1 fully saturated rings. The fourth-order valence-electron chi connectivity index (χ4n) is 1.89. The molecule has 0 amide bonds. The lowest BCUT2D eigenvalue weighted by molar-refractivity contribution is 0.359. The van der Waals surface area contributed by atoms with Crippen LogP contribution in [-0.2, 0) is 13.1 Å². The number of nitrogens with two attached hydrogens (primary N) is 1. The minimum atomic E-state index is 0.383. The molecule has 1 saturated heterocycles. The summed E-state index contributed by atoms with van der Waals surface area (Å²) in [5.41, 5.74) is 6.22. The molecule has 96 valence electrons. The van der Waals surface area contributed by atoms with Crippen LogP contribution >= 0.6 is 11.8 Å². The summed E-state index contributed by atoms with van der Waals surface area (Å²) in [6.07, 6.45) is 4.14. The molecular weight excluding hydrogens is 252 g/mol. The molecule has 1 aliphatic rings. The Labute approximate surface area is 108 Å². The van der Waals surface area contributed by atoms with Crippen molar-refractivity contribution in [1.29, 1.82) is 0 Å². The van der Waals surface area contributed by atoms with E-state index in [9.17, 15) is 0 Å². The third-order valence-electron chi connectivity index (χ3n) is 2.79. The Bertz CT molecular complexity index is 518. The summed E-state index contributed by atoms with van der Waals surface area (Å²) in [6.45, 7) is 0.825. The van der Waals surface area contributed by atoms with E-state index in [4.69, 9.17) is 10.3 Å². The molecule has 3 rings (SSSR count). The highest BCUT2D eigenvalue weighted by Crippen LogP contribution is 2.38. The van der Waals surface area contributed by atoms with E-state index >= 15 is 0 Å². The van der Waals surface area contributed by atoms with Crippen molar-refractivity contribution in [2.75, 3.05) is 5.75 Å². The van der Waals surface area contributed by atoms with Gasteiger partial charge in [0.1, 0.15) is 6.54 Å². The number of rotatable bonds is 4. The van der Waals surface area contributed by atoms with Gasteiger partial charge in [0.15, 0.2) is 5.82 Å². The second-order valence-electron chi connectivity index (χ2n) is 4.16. The summed E-state index contributed by atoms with van der Waals surface area (Å²) in [5, 5.41) is 12.3. The zero-order chi connectivity index (χ0) is 12.4. The minimum absolute atomic E-state index is 0.383. The molecule has 2 aromatic rings. The van der Waals surface area contributed by atoms with Crippen molar-refractivity contribution in [3.05, 3.63) is 23.6 Å². The fraction of sp³-hybridized carbons (Fsp3) is 0.600. The Kier molecular flexibility index (Phi) is 3.28. The van der Waals surface area contributed by atoms with Crippen LogP contribution in [0.4, 0.5) is 0 Å². The van der Waals surface area contributed by atoms with Crippen LogP contribution in [0.3, 0.4) is 0 Å². The van der Waals surface area contributed by atoms with Crippen molar-refractivity contribution in [2.45, 2.75) is 31.2 Å². The molecule has 2 aromatic heterocycles. The van der Waals surface area contributed by atoms with E-state index in [2.05, 4.69) is 20.5 Å². The largest absolute Gasteiger partial charge is 0.337 e. The van der Waals surface area contributed by atoms with Crippen LogP contribution in [0.5, 0.6) is 0 Å². The Balaban J connectivity index is 1.69. The first-order chi connectivity index (χ1) is 8.85. The molecule has 8 heteroatoms. The van der Waals surface area contributed by atoms with Gasteiger partial charge < -0.3 is 10.3 Å². The third-order valence-corrected chi connectivity index (χ3v) is 4.17. The second kappa shape index (κ2) is 5.07. The summed E-state index contributed by atoms with van der Waals surface area (Å²) in [7, 11) is 0. The quantitative estimate of drug-likeness (QED) is 0.871. The van der Waals surface area contributed by atoms with E-state index in [0.29, 0.717) is 24.2 Å². The van der Waals surface area contributed by atoms with E-state index < -0.39 is 0 Å². The van der Waals surface area contributed by atoms with Gasteiger partial charge >= 0.3 is 0 Å². The first-order valence-electron chi connectivity index (χ1n) is 5.88. The molecule has 0 saturated carbocycles. The maximum absolute atomic E-state index is 5.47. The van der Waals surface area contributed by atoms with Gasteiger partial charge in [0.25, 0.3) is 0 Å². The van der Waals surface area contributed by atoms with E-state index in [-0.39, 0.29) is 0 Å². The predicted octanol–water partition coefficient (Wildman–Crippen LogP) is 0.736. The Morgan fingerprint density at radius 2 is 2.50 bits per heavy atom. The van der Waals surface area contributed by atoms with Crippen molar-refractivity contribution in [3.8, 4) is 0 Å². The zero-order valence-corrected chi connectivity index (χ0v) is 10.6. The van der Waals surface area contributed by atoms with Crippen LogP contribution in [0.15, 0.2) is 10.7 Å². The third kappa shape index (κ3) is 2.39. The summed E-state index contributed by atoms with van der Waals surface area (Å²) in [5.74, 6) is 2.54. The second-order valence-corrected chi connectivity index (χ2v) is 5.47. The highest BCUT2D eigenvalue weighted by molar-refractivity contribution is 7.99. The molecule has 18 heavy (non-hydrogen) atoms. The maximum Gasteiger partial charge on any atom is 0.248 e. The van der Waals surface area contributed by atoms with Crippen LogP contribution in [0.1, 0.15) is 35.5 Å². The number of nitrogens with zero attached hydrogens (tertiary/aromatic N) is 5. The number of aromatic nitrogens is 5. The lowest BCUT2D eigenvalue weighted by atomic mass is 10.2. The highest BCUT2D eigenvalue weighted by atomic mass is 32.2. The van der Waals surface area contributed by atoms with Crippen LogP contribution in [0, 0.1) is 0 Å². The Morgan fingerprint density at radius 3 is 3.22 bits per heavy atom. The van der Waals surface area contributed by atoms with Gasteiger partial charge in [-0.15, -0.1) is 5.10 Å². The van der Waals surface area contributed by atoms with Gasteiger partial charge in [0.05, 0.1) is 17.1 Å². The normalized spacial score (nSPS) is 19.5. The van der Waals surface area contributed by atoms with Crippen LogP contribution < -0.4 is 5.73 Å². The summed E-state index contributed by atoms with van der Waals surface area (Å²) in [6, 6.07) is 0. The number of hydrogen-bond acceptors (Lipinski definition) is 7. The number of thioether (sulfide) groups is 1. The van der Waals surface area contributed by atoms with Gasteiger partial charge in [0.2, 0.25) is 5.89 Å². The Hall–Kier alpha value is -1.41. The molecule has 7 nitrogen and oxygen atoms in total. The molecular formula is C10H14N6OS. The van der Waals surface area contributed by atoms with E-state index in [0.717, 1.165) is 17.9 Å². The first kappa shape index (κ1) is 11.7.